The van der Waals surface area contributed by atoms with Gasteiger partial charge >= 0.3 is 0 Å². The molecule has 0 aromatic carbocycles. The van der Waals surface area contributed by atoms with Crippen molar-refractivity contribution in [1.29, 1.82) is 0 Å². The maximum absolute atomic E-state index is 6.04. The second-order valence-electron chi connectivity index (χ2n) is 4.98. The Balaban J connectivity index is 1.96. The minimum atomic E-state index is 0.0752. The highest BCUT2D eigenvalue weighted by atomic mass is 16.5. The van der Waals surface area contributed by atoms with E-state index in [9.17, 15) is 0 Å². The van der Waals surface area contributed by atoms with Gasteiger partial charge in [-0.2, -0.15) is 0 Å². The first-order valence-corrected chi connectivity index (χ1v) is 6.07. The summed E-state index contributed by atoms with van der Waals surface area (Å²) in [5, 5.41) is 3.41. The van der Waals surface area contributed by atoms with Gasteiger partial charge in [0, 0.05) is 13.1 Å². The molecule has 1 aromatic rings. The topological polar surface area (TPSA) is 34.4 Å². The zero-order valence-corrected chi connectivity index (χ0v) is 10.3. The summed E-state index contributed by atoms with van der Waals surface area (Å²) in [7, 11) is 0. The Labute approximate surface area is 97.2 Å². The average Bonchev–Trinajstić information content (AvgIpc) is 2.64. The zero-order chi connectivity index (χ0) is 11.5. The molecule has 3 nitrogen and oxygen atoms in total. The lowest BCUT2D eigenvalue weighted by atomic mass is 10.0. The number of hydrogen-bond acceptors (Lipinski definition) is 3. The smallest absolute Gasteiger partial charge is 0.134 e. The van der Waals surface area contributed by atoms with Crippen molar-refractivity contribution >= 4 is 0 Å². The standard InChI is InChI=1S/C13H21NO2/c1-9(2)6-11-7-14-8-13(16-11)12-5-4-10(3)15-12/h4-5,9,11,13-14H,6-8H2,1-3H3. The summed E-state index contributed by atoms with van der Waals surface area (Å²) in [6.45, 7) is 8.22. The summed E-state index contributed by atoms with van der Waals surface area (Å²) in [4.78, 5) is 0. The normalized spacial score (nSPS) is 26.2. The molecule has 2 rings (SSSR count). The Morgan fingerprint density at radius 3 is 2.81 bits per heavy atom. The molecule has 0 saturated carbocycles. The highest BCUT2D eigenvalue weighted by Gasteiger charge is 2.25. The van der Waals surface area contributed by atoms with Gasteiger partial charge in [-0.25, -0.2) is 0 Å². The largest absolute Gasteiger partial charge is 0.464 e. The van der Waals surface area contributed by atoms with Crippen LogP contribution in [0.5, 0.6) is 0 Å². The van der Waals surface area contributed by atoms with Crippen LogP contribution in [0.4, 0.5) is 0 Å². The van der Waals surface area contributed by atoms with Gasteiger partial charge < -0.3 is 14.5 Å². The summed E-state index contributed by atoms with van der Waals surface area (Å²) in [6.07, 6.45) is 1.48. The van der Waals surface area contributed by atoms with E-state index >= 15 is 0 Å². The van der Waals surface area contributed by atoms with Crippen LogP contribution >= 0.6 is 0 Å². The molecule has 1 aliphatic heterocycles. The van der Waals surface area contributed by atoms with Gasteiger partial charge in [0.2, 0.25) is 0 Å². The molecule has 1 saturated heterocycles. The van der Waals surface area contributed by atoms with E-state index in [-0.39, 0.29) is 6.10 Å². The number of ether oxygens (including phenoxy) is 1. The molecule has 0 aliphatic carbocycles. The first-order valence-electron chi connectivity index (χ1n) is 6.07. The highest BCUT2D eigenvalue weighted by molar-refractivity contribution is 5.09. The number of rotatable bonds is 3. The van der Waals surface area contributed by atoms with Crippen LogP contribution in [0.15, 0.2) is 16.5 Å². The predicted octanol–water partition coefficient (Wildman–Crippen LogP) is 2.66. The molecule has 2 unspecified atom stereocenters. The Bertz CT molecular complexity index is 332. The number of hydrogen-bond donors (Lipinski definition) is 1. The van der Waals surface area contributed by atoms with Crippen LogP contribution in [-0.4, -0.2) is 19.2 Å². The van der Waals surface area contributed by atoms with Crippen molar-refractivity contribution < 1.29 is 9.15 Å². The fraction of sp³-hybridized carbons (Fsp3) is 0.692. The van der Waals surface area contributed by atoms with E-state index in [1.54, 1.807) is 0 Å². The SMILES string of the molecule is Cc1ccc(C2CNCC(CC(C)C)O2)o1. The third kappa shape index (κ3) is 2.86. The van der Waals surface area contributed by atoms with Gasteiger partial charge in [0.15, 0.2) is 0 Å². The number of nitrogens with one attached hydrogen (secondary N) is 1. The van der Waals surface area contributed by atoms with Crippen molar-refractivity contribution in [2.24, 2.45) is 5.92 Å². The van der Waals surface area contributed by atoms with E-state index in [1.165, 1.54) is 0 Å². The van der Waals surface area contributed by atoms with Crippen molar-refractivity contribution in [1.82, 2.24) is 5.32 Å². The fourth-order valence-electron chi connectivity index (χ4n) is 2.16. The molecule has 16 heavy (non-hydrogen) atoms. The van der Waals surface area contributed by atoms with Crippen LogP contribution in [0.2, 0.25) is 0 Å². The van der Waals surface area contributed by atoms with Crippen LogP contribution in [0.3, 0.4) is 0 Å². The van der Waals surface area contributed by atoms with Gasteiger partial charge in [-0.3, -0.25) is 0 Å². The maximum Gasteiger partial charge on any atom is 0.134 e. The quantitative estimate of drug-likeness (QED) is 0.855. The summed E-state index contributed by atoms with van der Waals surface area (Å²) < 4.78 is 11.7. The maximum atomic E-state index is 6.04. The molecule has 1 fully saturated rings. The minimum absolute atomic E-state index is 0.0752. The van der Waals surface area contributed by atoms with Gasteiger partial charge in [0.05, 0.1) is 6.10 Å². The molecular weight excluding hydrogens is 202 g/mol. The average molecular weight is 223 g/mol. The zero-order valence-electron chi connectivity index (χ0n) is 10.3. The third-order valence-corrected chi connectivity index (χ3v) is 2.87. The van der Waals surface area contributed by atoms with Gasteiger partial charge in [0.1, 0.15) is 17.6 Å². The highest BCUT2D eigenvalue weighted by Crippen LogP contribution is 2.25. The lowest BCUT2D eigenvalue weighted by molar-refractivity contribution is -0.0567. The second kappa shape index (κ2) is 5.02. The summed E-state index contributed by atoms with van der Waals surface area (Å²) in [5.74, 6) is 2.56. The molecule has 0 amide bonds. The molecule has 0 radical (unpaired) electrons. The Kier molecular flexibility index (Phi) is 3.66. The minimum Gasteiger partial charge on any atom is -0.464 e. The fourth-order valence-corrected chi connectivity index (χ4v) is 2.16. The van der Waals surface area contributed by atoms with Crippen molar-refractivity contribution in [2.75, 3.05) is 13.1 Å². The summed E-state index contributed by atoms with van der Waals surface area (Å²) in [6, 6.07) is 4.00. The first kappa shape index (κ1) is 11.7. The molecule has 90 valence electrons. The van der Waals surface area contributed by atoms with Gasteiger partial charge in [0.25, 0.3) is 0 Å². The van der Waals surface area contributed by atoms with E-state index in [1.807, 2.05) is 19.1 Å². The van der Waals surface area contributed by atoms with E-state index in [4.69, 9.17) is 9.15 Å². The molecule has 3 heteroatoms. The molecule has 0 bridgehead atoms. The molecular formula is C13H21NO2. The Morgan fingerprint density at radius 2 is 2.19 bits per heavy atom. The lowest BCUT2D eigenvalue weighted by Crippen LogP contribution is -2.41. The number of morpholine rings is 1. The van der Waals surface area contributed by atoms with Crippen LogP contribution in [0.25, 0.3) is 0 Å². The van der Waals surface area contributed by atoms with Crippen LogP contribution in [-0.2, 0) is 4.74 Å². The molecule has 1 N–H and O–H groups in total. The van der Waals surface area contributed by atoms with E-state index in [0.717, 1.165) is 31.0 Å². The Morgan fingerprint density at radius 1 is 1.38 bits per heavy atom. The van der Waals surface area contributed by atoms with Crippen molar-refractivity contribution in [3.05, 3.63) is 23.7 Å². The van der Waals surface area contributed by atoms with E-state index in [2.05, 4.69) is 19.2 Å². The molecule has 1 aromatic heterocycles. The molecule has 2 heterocycles. The molecule has 2 atom stereocenters. The lowest BCUT2D eigenvalue weighted by Gasteiger charge is -2.30. The summed E-state index contributed by atoms with van der Waals surface area (Å²) in [5.41, 5.74) is 0. The third-order valence-electron chi connectivity index (χ3n) is 2.87. The van der Waals surface area contributed by atoms with Crippen molar-refractivity contribution in [3.63, 3.8) is 0 Å². The first-order chi connectivity index (χ1) is 7.65. The second-order valence-corrected chi connectivity index (χ2v) is 4.98. The van der Waals surface area contributed by atoms with E-state index < -0.39 is 0 Å². The predicted molar refractivity (Wildman–Crippen MR) is 63.4 cm³/mol. The Hall–Kier alpha value is -0.800. The number of aryl methyl sites for hydroxylation is 1. The molecule has 1 aliphatic rings. The van der Waals surface area contributed by atoms with Gasteiger partial charge in [-0.05, 0) is 31.4 Å². The van der Waals surface area contributed by atoms with Gasteiger partial charge in [-0.15, -0.1) is 0 Å². The van der Waals surface area contributed by atoms with E-state index in [0.29, 0.717) is 12.0 Å². The van der Waals surface area contributed by atoms with Crippen molar-refractivity contribution in [2.45, 2.75) is 39.4 Å². The van der Waals surface area contributed by atoms with Crippen LogP contribution in [0.1, 0.15) is 37.9 Å². The van der Waals surface area contributed by atoms with Crippen molar-refractivity contribution in [3.8, 4) is 0 Å². The summed E-state index contributed by atoms with van der Waals surface area (Å²) >= 11 is 0. The van der Waals surface area contributed by atoms with Crippen LogP contribution < -0.4 is 5.32 Å². The van der Waals surface area contributed by atoms with Crippen LogP contribution in [0, 0.1) is 12.8 Å². The van der Waals surface area contributed by atoms with Gasteiger partial charge in [-0.1, -0.05) is 13.8 Å². The molecule has 0 spiro atoms. The monoisotopic (exact) mass is 223 g/mol. The number of furan rings is 1.